The molecule has 0 saturated carbocycles. The lowest BCUT2D eigenvalue weighted by molar-refractivity contribution is 1.56. The third-order valence-electron chi connectivity index (χ3n) is 12.2. The molecule has 0 spiro atoms. The molecule has 0 amide bonds. The van der Waals surface area contributed by atoms with Crippen molar-refractivity contribution in [3.05, 3.63) is 206 Å². The molecule has 0 unspecified atom stereocenters. The minimum Gasteiger partial charge on any atom is -0.0622 e. The van der Waals surface area contributed by atoms with Gasteiger partial charge in [-0.3, -0.25) is 0 Å². The molecule has 0 atom stereocenters. The number of hydrogen-bond donors (Lipinski definition) is 0. The SMILES string of the molecule is c1ccc(-c2ccc(-c3ccc(-c4ccc5ccc6cccc7ccc4c5c67)c(-c4ccccc4)c3)c(-c3ccc4ccc5cccc6ccc3c4c56)c2)cc1. The predicted molar refractivity (Wildman–Crippen MR) is 241 cm³/mol. The van der Waals surface area contributed by atoms with Gasteiger partial charge in [-0.15, -0.1) is 0 Å². The van der Waals surface area contributed by atoms with Crippen molar-refractivity contribution in [2.24, 2.45) is 0 Å². The lowest BCUT2D eigenvalue weighted by Crippen LogP contribution is -1.93. The van der Waals surface area contributed by atoms with E-state index in [1.54, 1.807) is 0 Å². The molecule has 0 aliphatic heterocycles. The summed E-state index contributed by atoms with van der Waals surface area (Å²) in [6.07, 6.45) is 0. The summed E-state index contributed by atoms with van der Waals surface area (Å²) in [4.78, 5) is 0. The standard InChI is InChI=1S/C56H34/c1-3-9-35(10-4-1)43-25-27-45(52(33-43)48-29-22-42-20-18-38-14-8-16-40-24-32-50(48)56(42)54(38)40)44-26-30-47(51(34-44)36-11-5-2-6-12-36)46-28-21-41-19-17-37-13-7-15-39-23-31-49(46)55(41)53(37)39/h1-34H. The fourth-order valence-electron chi connectivity index (χ4n) is 9.57. The maximum Gasteiger partial charge on any atom is -0.00206 e. The van der Waals surface area contributed by atoms with E-state index in [0.717, 1.165) is 0 Å². The Morgan fingerprint density at radius 1 is 0.179 bits per heavy atom. The van der Waals surface area contributed by atoms with Gasteiger partial charge < -0.3 is 0 Å². The average molecular weight is 707 g/mol. The summed E-state index contributed by atoms with van der Waals surface area (Å²) >= 11 is 0. The predicted octanol–water partition coefficient (Wildman–Crippen LogP) is 15.8. The van der Waals surface area contributed by atoms with Crippen LogP contribution in [0.5, 0.6) is 0 Å². The highest BCUT2D eigenvalue weighted by Gasteiger charge is 2.19. The van der Waals surface area contributed by atoms with Gasteiger partial charge in [0.15, 0.2) is 0 Å². The highest BCUT2D eigenvalue weighted by molar-refractivity contribution is 6.27. The van der Waals surface area contributed by atoms with Crippen molar-refractivity contribution in [1.29, 1.82) is 0 Å². The first-order valence-corrected chi connectivity index (χ1v) is 19.5. The molecule has 0 aromatic heterocycles. The lowest BCUT2D eigenvalue weighted by atomic mass is 9.84. The average Bonchev–Trinajstić information content (AvgIpc) is 3.27. The normalized spacial score (nSPS) is 11.9. The second-order valence-electron chi connectivity index (χ2n) is 15.2. The van der Waals surface area contributed by atoms with Gasteiger partial charge >= 0.3 is 0 Å². The van der Waals surface area contributed by atoms with E-state index in [-0.39, 0.29) is 0 Å². The zero-order chi connectivity index (χ0) is 36.7. The fraction of sp³-hybridized carbons (Fsp3) is 0. The van der Waals surface area contributed by atoms with Gasteiger partial charge in [0.1, 0.15) is 0 Å². The Hall–Kier alpha value is -7.28. The van der Waals surface area contributed by atoms with Crippen molar-refractivity contribution >= 4 is 64.6 Å². The van der Waals surface area contributed by atoms with Crippen LogP contribution in [-0.4, -0.2) is 0 Å². The van der Waals surface area contributed by atoms with Crippen LogP contribution in [0.25, 0.3) is 120 Å². The third kappa shape index (κ3) is 4.66. The minimum atomic E-state index is 1.20. The van der Waals surface area contributed by atoms with Gasteiger partial charge in [0.2, 0.25) is 0 Å². The van der Waals surface area contributed by atoms with E-state index >= 15 is 0 Å². The molecule has 0 heteroatoms. The van der Waals surface area contributed by atoms with Gasteiger partial charge in [-0.25, -0.2) is 0 Å². The quantitative estimate of drug-likeness (QED) is 0.156. The molecule has 0 aliphatic rings. The number of benzene rings is 12. The summed E-state index contributed by atoms with van der Waals surface area (Å²) in [6, 6.07) is 76.8. The van der Waals surface area contributed by atoms with Crippen LogP contribution in [0.3, 0.4) is 0 Å². The first-order valence-electron chi connectivity index (χ1n) is 19.5. The topological polar surface area (TPSA) is 0 Å². The van der Waals surface area contributed by atoms with Crippen LogP contribution in [0.2, 0.25) is 0 Å². The summed E-state index contributed by atoms with van der Waals surface area (Å²) < 4.78 is 0. The molecule has 12 aromatic rings. The lowest BCUT2D eigenvalue weighted by Gasteiger charge is -2.20. The van der Waals surface area contributed by atoms with Crippen molar-refractivity contribution in [2.75, 3.05) is 0 Å². The Kier molecular flexibility index (Phi) is 6.73. The van der Waals surface area contributed by atoms with E-state index in [1.807, 2.05) is 0 Å². The Labute approximate surface area is 325 Å². The molecule has 0 nitrogen and oxygen atoms in total. The first kappa shape index (κ1) is 31.1. The molecule has 0 fully saturated rings. The summed E-state index contributed by atoms with van der Waals surface area (Å²) in [6.45, 7) is 0. The number of rotatable bonds is 5. The van der Waals surface area contributed by atoms with Gasteiger partial charge in [0.05, 0.1) is 0 Å². The largest absolute Gasteiger partial charge is 0.0622 e. The van der Waals surface area contributed by atoms with E-state index in [4.69, 9.17) is 0 Å². The van der Waals surface area contributed by atoms with Gasteiger partial charge in [-0.2, -0.15) is 0 Å². The monoisotopic (exact) mass is 706 g/mol. The van der Waals surface area contributed by atoms with E-state index in [2.05, 4.69) is 206 Å². The van der Waals surface area contributed by atoms with E-state index in [1.165, 1.54) is 120 Å². The van der Waals surface area contributed by atoms with Crippen LogP contribution in [0.15, 0.2) is 206 Å². The van der Waals surface area contributed by atoms with Crippen LogP contribution in [-0.2, 0) is 0 Å². The molecule has 0 heterocycles. The van der Waals surface area contributed by atoms with Crippen molar-refractivity contribution in [3.63, 3.8) is 0 Å². The summed E-state index contributed by atoms with van der Waals surface area (Å²) in [5.41, 5.74) is 12.3. The van der Waals surface area contributed by atoms with Crippen LogP contribution < -0.4 is 0 Å². The second-order valence-corrected chi connectivity index (χ2v) is 15.2. The van der Waals surface area contributed by atoms with Crippen LogP contribution >= 0.6 is 0 Å². The first-order chi connectivity index (χ1) is 27.8. The highest BCUT2D eigenvalue weighted by Crippen LogP contribution is 2.46. The zero-order valence-corrected chi connectivity index (χ0v) is 30.6. The van der Waals surface area contributed by atoms with Crippen molar-refractivity contribution < 1.29 is 0 Å². The molecule has 0 saturated heterocycles. The van der Waals surface area contributed by atoms with Gasteiger partial charge in [-0.1, -0.05) is 194 Å². The van der Waals surface area contributed by atoms with Crippen LogP contribution in [0, 0.1) is 0 Å². The Morgan fingerprint density at radius 3 is 1.16 bits per heavy atom. The van der Waals surface area contributed by atoms with Crippen molar-refractivity contribution in [3.8, 4) is 55.6 Å². The molecular formula is C56H34. The van der Waals surface area contributed by atoms with Crippen molar-refractivity contribution in [2.45, 2.75) is 0 Å². The Morgan fingerprint density at radius 2 is 0.589 bits per heavy atom. The molecule has 12 rings (SSSR count). The third-order valence-corrected chi connectivity index (χ3v) is 12.2. The molecule has 56 heavy (non-hydrogen) atoms. The number of hydrogen-bond acceptors (Lipinski definition) is 0. The second kappa shape index (κ2) is 12.1. The molecule has 0 radical (unpaired) electrons. The fourth-order valence-corrected chi connectivity index (χ4v) is 9.57. The molecule has 258 valence electrons. The van der Waals surface area contributed by atoms with Gasteiger partial charge in [0, 0.05) is 0 Å². The maximum absolute atomic E-state index is 2.43. The minimum absolute atomic E-state index is 1.20. The van der Waals surface area contributed by atoms with Crippen molar-refractivity contribution in [1.82, 2.24) is 0 Å². The maximum atomic E-state index is 2.43. The molecule has 0 bridgehead atoms. The smallest absolute Gasteiger partial charge is 0.00206 e. The molecule has 0 N–H and O–H groups in total. The van der Waals surface area contributed by atoms with Gasteiger partial charge in [0.25, 0.3) is 0 Å². The zero-order valence-electron chi connectivity index (χ0n) is 30.6. The Bertz CT molecular complexity index is 3410. The summed E-state index contributed by atoms with van der Waals surface area (Å²) in [5, 5.41) is 15.6. The summed E-state index contributed by atoms with van der Waals surface area (Å²) in [5.74, 6) is 0. The summed E-state index contributed by atoms with van der Waals surface area (Å²) in [7, 11) is 0. The van der Waals surface area contributed by atoms with Gasteiger partial charge in [-0.05, 0) is 132 Å². The highest BCUT2D eigenvalue weighted by atomic mass is 14.2. The molecule has 0 aliphatic carbocycles. The van der Waals surface area contributed by atoms with E-state index in [9.17, 15) is 0 Å². The van der Waals surface area contributed by atoms with Crippen LogP contribution in [0.1, 0.15) is 0 Å². The molecule has 12 aromatic carbocycles. The van der Waals surface area contributed by atoms with Crippen LogP contribution in [0.4, 0.5) is 0 Å². The van der Waals surface area contributed by atoms with E-state index < -0.39 is 0 Å². The van der Waals surface area contributed by atoms with E-state index in [0.29, 0.717) is 0 Å². The Balaban J connectivity index is 1.12. The molecular weight excluding hydrogens is 673 g/mol.